The molecule has 0 atom stereocenters. The van der Waals surface area contributed by atoms with E-state index in [1.807, 2.05) is 43.7 Å². The van der Waals surface area contributed by atoms with Gasteiger partial charge in [0.15, 0.2) is 11.8 Å². The molecule has 9 heteroatoms. The molecule has 1 heterocycles. The number of halogens is 1. The molecular formula is C20H31ClN6O2. The lowest BCUT2D eigenvalue weighted by atomic mass is 10.1. The molecule has 29 heavy (non-hydrogen) atoms. The first-order valence-electron chi connectivity index (χ1n) is 9.82. The van der Waals surface area contributed by atoms with Crippen molar-refractivity contribution in [3.8, 4) is 5.75 Å². The molecule has 2 rings (SSSR count). The molecule has 1 aromatic carbocycles. The quantitative estimate of drug-likeness (QED) is 0.329. The van der Waals surface area contributed by atoms with E-state index in [1.165, 1.54) is 0 Å². The van der Waals surface area contributed by atoms with Crippen LogP contribution in [0.25, 0.3) is 0 Å². The molecule has 0 unspecified atom stereocenters. The molecule has 2 aromatic rings. The van der Waals surface area contributed by atoms with Gasteiger partial charge < -0.3 is 24.7 Å². The van der Waals surface area contributed by atoms with E-state index in [-0.39, 0.29) is 0 Å². The van der Waals surface area contributed by atoms with Crippen molar-refractivity contribution in [1.82, 2.24) is 25.4 Å². The first-order chi connectivity index (χ1) is 14.0. The summed E-state index contributed by atoms with van der Waals surface area (Å²) in [5, 5.41) is 15.6. The third-order valence-corrected chi connectivity index (χ3v) is 4.82. The minimum absolute atomic E-state index is 0.446. The second kappa shape index (κ2) is 12.3. The summed E-state index contributed by atoms with van der Waals surface area (Å²) < 4.78 is 12.5. The Balaban J connectivity index is 1.93. The topological polar surface area (TPSA) is 85.6 Å². The lowest BCUT2D eigenvalue weighted by Gasteiger charge is -2.13. The molecule has 0 saturated carbocycles. The maximum absolute atomic E-state index is 6.33. The number of nitrogens with zero attached hydrogens (tertiary/aromatic N) is 4. The fourth-order valence-corrected chi connectivity index (χ4v) is 2.88. The Morgan fingerprint density at radius 3 is 2.69 bits per heavy atom. The summed E-state index contributed by atoms with van der Waals surface area (Å²) in [6.07, 6.45) is 1.67. The zero-order valence-electron chi connectivity index (χ0n) is 17.7. The fourth-order valence-electron chi connectivity index (χ4n) is 2.61. The molecule has 2 N–H and O–H groups in total. The van der Waals surface area contributed by atoms with Crippen LogP contribution in [0.15, 0.2) is 23.2 Å². The number of aromatic nitrogens is 3. The van der Waals surface area contributed by atoms with Crippen molar-refractivity contribution in [2.45, 2.75) is 33.2 Å². The molecular weight excluding hydrogens is 392 g/mol. The van der Waals surface area contributed by atoms with Gasteiger partial charge in [-0.1, -0.05) is 17.7 Å². The Hall–Kier alpha value is -2.32. The molecule has 0 bridgehead atoms. The van der Waals surface area contributed by atoms with Gasteiger partial charge in [-0.05, 0) is 44.4 Å². The zero-order valence-corrected chi connectivity index (χ0v) is 18.4. The second-order valence-electron chi connectivity index (χ2n) is 6.50. The Morgan fingerprint density at radius 2 is 2.03 bits per heavy atom. The standard InChI is InChI=1S/C20H31ClN6O2/c1-5-29-12-6-10-22-20(24-14-19-26-25-15(2)27(19)3)23-11-9-16-7-8-17(28-4)13-18(16)21/h7-8,13H,5-6,9-12,14H2,1-4H3,(H2,22,23,24). The number of nitrogens with one attached hydrogen (secondary N) is 2. The molecule has 8 nitrogen and oxygen atoms in total. The average molecular weight is 423 g/mol. The second-order valence-corrected chi connectivity index (χ2v) is 6.91. The van der Waals surface area contributed by atoms with Crippen molar-refractivity contribution < 1.29 is 9.47 Å². The van der Waals surface area contributed by atoms with Gasteiger partial charge in [0.05, 0.1) is 7.11 Å². The average Bonchev–Trinajstić information content (AvgIpc) is 3.04. The SMILES string of the molecule is CCOCCCNC(=NCc1nnc(C)n1C)NCCc1ccc(OC)cc1Cl. The van der Waals surface area contributed by atoms with Gasteiger partial charge in [-0.15, -0.1) is 10.2 Å². The van der Waals surface area contributed by atoms with E-state index in [9.17, 15) is 0 Å². The predicted octanol–water partition coefficient (Wildman–Crippen LogP) is 2.49. The zero-order chi connectivity index (χ0) is 21.1. The predicted molar refractivity (Wildman–Crippen MR) is 116 cm³/mol. The van der Waals surface area contributed by atoms with Crippen molar-refractivity contribution in [2.75, 3.05) is 33.4 Å². The molecule has 0 aliphatic carbocycles. The largest absolute Gasteiger partial charge is 0.497 e. The van der Waals surface area contributed by atoms with Gasteiger partial charge in [0.25, 0.3) is 0 Å². The van der Waals surface area contributed by atoms with Gasteiger partial charge in [0.1, 0.15) is 18.1 Å². The van der Waals surface area contributed by atoms with Crippen molar-refractivity contribution in [1.29, 1.82) is 0 Å². The number of hydrogen-bond acceptors (Lipinski definition) is 5. The Bertz CT molecular complexity index is 793. The maximum atomic E-state index is 6.33. The van der Waals surface area contributed by atoms with E-state index < -0.39 is 0 Å². The number of benzene rings is 1. The van der Waals surface area contributed by atoms with Crippen LogP contribution in [0.2, 0.25) is 5.02 Å². The smallest absolute Gasteiger partial charge is 0.191 e. The minimum Gasteiger partial charge on any atom is -0.497 e. The number of aliphatic imine (C=N–C) groups is 1. The van der Waals surface area contributed by atoms with Crippen LogP contribution in [-0.2, 0) is 24.8 Å². The molecule has 0 amide bonds. The van der Waals surface area contributed by atoms with E-state index in [0.717, 1.165) is 61.5 Å². The van der Waals surface area contributed by atoms with Crippen molar-refractivity contribution in [3.05, 3.63) is 40.4 Å². The van der Waals surface area contributed by atoms with E-state index in [0.29, 0.717) is 18.1 Å². The molecule has 0 aliphatic rings. The summed E-state index contributed by atoms with van der Waals surface area (Å²) in [6.45, 7) is 7.28. The highest BCUT2D eigenvalue weighted by Gasteiger charge is 2.06. The van der Waals surface area contributed by atoms with Gasteiger partial charge in [-0.2, -0.15) is 0 Å². The number of hydrogen-bond donors (Lipinski definition) is 2. The maximum Gasteiger partial charge on any atom is 0.191 e. The number of methoxy groups -OCH3 is 1. The molecule has 0 aliphatic heterocycles. The lowest BCUT2D eigenvalue weighted by molar-refractivity contribution is 0.145. The van der Waals surface area contributed by atoms with Crippen LogP contribution >= 0.6 is 11.6 Å². The Kier molecular flexibility index (Phi) is 9.73. The molecule has 0 radical (unpaired) electrons. The van der Waals surface area contributed by atoms with E-state index in [4.69, 9.17) is 21.1 Å². The fraction of sp³-hybridized carbons (Fsp3) is 0.550. The van der Waals surface area contributed by atoms with Crippen molar-refractivity contribution >= 4 is 17.6 Å². The van der Waals surface area contributed by atoms with Gasteiger partial charge in [-0.3, -0.25) is 0 Å². The van der Waals surface area contributed by atoms with Crippen molar-refractivity contribution in [2.24, 2.45) is 12.0 Å². The third kappa shape index (κ3) is 7.55. The van der Waals surface area contributed by atoms with Crippen LogP contribution in [0.4, 0.5) is 0 Å². The molecule has 160 valence electrons. The van der Waals surface area contributed by atoms with Crippen LogP contribution in [0.1, 0.15) is 30.6 Å². The monoisotopic (exact) mass is 422 g/mol. The summed E-state index contributed by atoms with van der Waals surface area (Å²) in [5.74, 6) is 3.16. The number of rotatable bonds is 11. The van der Waals surface area contributed by atoms with Crippen LogP contribution in [0, 0.1) is 6.92 Å². The van der Waals surface area contributed by atoms with E-state index in [2.05, 4.69) is 25.8 Å². The first kappa shape index (κ1) is 23.0. The molecule has 0 saturated heterocycles. The van der Waals surface area contributed by atoms with E-state index in [1.54, 1.807) is 7.11 Å². The molecule has 0 spiro atoms. The number of aryl methyl sites for hydroxylation is 1. The van der Waals surface area contributed by atoms with Crippen molar-refractivity contribution in [3.63, 3.8) is 0 Å². The summed E-state index contributed by atoms with van der Waals surface area (Å²) in [5.41, 5.74) is 1.06. The first-order valence-corrected chi connectivity index (χ1v) is 10.2. The lowest BCUT2D eigenvalue weighted by Crippen LogP contribution is -2.39. The summed E-state index contributed by atoms with van der Waals surface area (Å²) in [4.78, 5) is 4.64. The normalized spacial score (nSPS) is 11.6. The van der Waals surface area contributed by atoms with Crippen LogP contribution in [0.5, 0.6) is 5.75 Å². The Labute approximate surface area is 177 Å². The Morgan fingerprint density at radius 1 is 1.24 bits per heavy atom. The summed E-state index contributed by atoms with van der Waals surface area (Å²) >= 11 is 6.33. The van der Waals surface area contributed by atoms with Gasteiger partial charge in [0.2, 0.25) is 0 Å². The third-order valence-electron chi connectivity index (χ3n) is 4.47. The van der Waals surface area contributed by atoms with Gasteiger partial charge in [-0.25, -0.2) is 4.99 Å². The number of guanidine groups is 1. The van der Waals surface area contributed by atoms with Crippen LogP contribution in [0.3, 0.4) is 0 Å². The summed E-state index contributed by atoms with van der Waals surface area (Å²) in [6, 6.07) is 5.73. The van der Waals surface area contributed by atoms with Gasteiger partial charge >= 0.3 is 0 Å². The highest BCUT2D eigenvalue weighted by molar-refractivity contribution is 6.31. The highest BCUT2D eigenvalue weighted by Crippen LogP contribution is 2.22. The van der Waals surface area contributed by atoms with Crippen LogP contribution in [-0.4, -0.2) is 54.1 Å². The minimum atomic E-state index is 0.446. The van der Waals surface area contributed by atoms with Crippen LogP contribution < -0.4 is 15.4 Å². The highest BCUT2D eigenvalue weighted by atomic mass is 35.5. The molecule has 0 fully saturated rings. The molecule has 1 aromatic heterocycles. The summed E-state index contributed by atoms with van der Waals surface area (Å²) in [7, 11) is 3.57. The van der Waals surface area contributed by atoms with Gasteiger partial charge in [0, 0.05) is 38.4 Å². The van der Waals surface area contributed by atoms with E-state index >= 15 is 0 Å². The number of ether oxygens (including phenoxy) is 2.